The number of nitrogens with two attached hydrogens (primary N) is 1. The molecule has 1 heteroatoms. The average molecular weight is 71.1 g/mol. The van der Waals surface area contributed by atoms with Gasteiger partial charge in [0.25, 0.3) is 0 Å². The fraction of sp³-hybridized carbons (Fsp3) is 0. The van der Waals surface area contributed by atoms with Crippen molar-refractivity contribution in [1.82, 2.24) is 0 Å². The van der Waals surface area contributed by atoms with Crippen LogP contribution >= 0.6 is 0 Å². The predicted molar refractivity (Wildman–Crippen MR) is 22.2 cm³/mol. The Morgan fingerprint density at radius 3 is 2.40 bits per heavy atom. The molecule has 0 aliphatic heterocycles. The molecule has 0 unspecified atom stereocenters. The third-order valence-electron chi connectivity index (χ3n) is 0.192. The van der Waals surface area contributed by atoms with Crippen molar-refractivity contribution in [2.75, 3.05) is 0 Å². The van der Waals surface area contributed by atoms with E-state index in [2.05, 4.69) is 5.92 Å². The molecule has 0 aromatic rings. The van der Waals surface area contributed by atoms with Crippen molar-refractivity contribution in [2.45, 2.75) is 0 Å². The van der Waals surface area contributed by atoms with Crippen LogP contribution in [0.3, 0.4) is 0 Å². The molecule has 0 bridgehead atoms. The van der Waals surface area contributed by atoms with Gasteiger partial charge in [0.15, 0.2) is 0 Å². The summed E-state index contributed by atoms with van der Waals surface area (Å²) >= 11 is 0. The van der Waals surface area contributed by atoms with Crippen LogP contribution in [0.15, 0.2) is 12.3 Å². The van der Waals surface area contributed by atoms with Crippen molar-refractivity contribution in [1.29, 1.82) is 0 Å². The van der Waals surface area contributed by atoms with Gasteiger partial charge >= 0.3 is 0 Å². The minimum atomic E-state index is 1.32. The van der Waals surface area contributed by atoms with Crippen LogP contribution in [0.5, 0.6) is 0 Å². The number of allylic oxidation sites excluding steroid dienone is 1. The second kappa shape index (κ2) is 3.10. The van der Waals surface area contributed by atoms with Gasteiger partial charge in [-0.1, -0.05) is 5.92 Å². The first kappa shape index (κ1) is 4.10. The van der Waals surface area contributed by atoms with Crippen LogP contribution in [-0.2, 0) is 0 Å². The summed E-state index contributed by atoms with van der Waals surface area (Å²) in [6.45, 7) is 0. The van der Waals surface area contributed by atoms with Crippen molar-refractivity contribution in [3.05, 3.63) is 12.3 Å². The number of terminal acetylenes is 1. The number of rotatable bonds is 0. The van der Waals surface area contributed by atoms with E-state index in [9.17, 15) is 0 Å². The summed E-state index contributed by atoms with van der Waals surface area (Å²) in [6.07, 6.45) is 7.47. The van der Waals surface area contributed by atoms with Gasteiger partial charge in [0.05, 0.1) is 0 Å². The van der Waals surface area contributed by atoms with Crippen LogP contribution in [0.25, 0.3) is 0 Å². The zero-order chi connectivity index (χ0) is 4.12. The van der Waals surface area contributed by atoms with Gasteiger partial charge in [0.2, 0.25) is 0 Å². The zero-order valence-electron chi connectivity index (χ0n) is 2.81. The summed E-state index contributed by atoms with van der Waals surface area (Å²) in [7, 11) is 0. The van der Waals surface area contributed by atoms with Crippen molar-refractivity contribution in [3.63, 3.8) is 0 Å². The molecule has 0 spiro atoms. The van der Waals surface area contributed by atoms with E-state index in [0.717, 1.165) is 0 Å². The van der Waals surface area contributed by atoms with E-state index in [-0.39, 0.29) is 0 Å². The van der Waals surface area contributed by atoms with E-state index < -0.39 is 0 Å². The lowest BCUT2D eigenvalue weighted by Gasteiger charge is -1.55. The minimum Gasteiger partial charge on any atom is -0.404 e. The molecule has 0 aromatic carbocycles. The predicted octanol–water partition coefficient (Wildman–Crippen LogP) is 0.0920. The maximum Gasteiger partial charge on any atom is 0.00335 e. The van der Waals surface area contributed by atoms with E-state index >= 15 is 0 Å². The van der Waals surface area contributed by atoms with Gasteiger partial charge in [-0.2, -0.15) is 0 Å². The minimum absolute atomic E-state index is 1.32. The largest absolute Gasteiger partial charge is 0.404 e. The Balaban J connectivity index is 3.04. The molecule has 0 aliphatic rings. The van der Waals surface area contributed by atoms with Crippen LogP contribution < -0.4 is 5.73 Å². The van der Waals surface area contributed by atoms with Crippen molar-refractivity contribution >= 4 is 0 Å². The van der Waals surface area contributed by atoms with Gasteiger partial charge in [-0.25, -0.2) is 0 Å². The monoisotopic (exact) mass is 71.1 g/mol. The van der Waals surface area contributed by atoms with Crippen LogP contribution in [0.1, 0.15) is 0 Å². The SMILES string of the molecule is [13CH]#[13C]/[13CH]=[13CH]/N. The van der Waals surface area contributed by atoms with Gasteiger partial charge in [-0.15, -0.1) is 6.42 Å². The van der Waals surface area contributed by atoms with Crippen molar-refractivity contribution in [2.24, 2.45) is 5.73 Å². The van der Waals surface area contributed by atoms with Crippen molar-refractivity contribution < 1.29 is 0 Å². The highest BCUT2D eigenvalue weighted by atomic mass is 14.8. The smallest absolute Gasteiger partial charge is 0.00335 e. The van der Waals surface area contributed by atoms with Crippen LogP contribution in [0, 0.1) is 12.3 Å². The summed E-state index contributed by atoms with van der Waals surface area (Å²) < 4.78 is 0. The van der Waals surface area contributed by atoms with Gasteiger partial charge in [0.1, 0.15) is 0 Å². The lowest BCUT2D eigenvalue weighted by atomic mass is 11.6. The molecule has 0 radical (unpaired) electrons. The molecule has 0 saturated carbocycles. The Hall–Kier alpha value is -0.900. The molecule has 5 heavy (non-hydrogen) atoms. The molecule has 26 valence electrons. The average Bonchev–Trinajstić information content (AvgIpc) is 1.41. The quantitative estimate of drug-likeness (QED) is 0.318. The van der Waals surface area contributed by atoms with Gasteiger partial charge in [-0.05, 0) is 0 Å². The summed E-state index contributed by atoms with van der Waals surface area (Å²) in [6, 6.07) is 0. The van der Waals surface area contributed by atoms with E-state index in [1.54, 1.807) is 0 Å². The molecule has 0 atom stereocenters. The maximum atomic E-state index is 4.82. The molecule has 0 saturated heterocycles. The Kier molecular flexibility index (Phi) is 2.54. The highest BCUT2D eigenvalue weighted by molar-refractivity contribution is 5.06. The molecule has 0 heterocycles. The Morgan fingerprint density at radius 1 is 1.80 bits per heavy atom. The Morgan fingerprint density at radius 2 is 2.40 bits per heavy atom. The third-order valence-corrected chi connectivity index (χ3v) is 0.192. The van der Waals surface area contributed by atoms with Gasteiger partial charge in [0, 0.05) is 12.3 Å². The van der Waals surface area contributed by atoms with Crippen LogP contribution in [0.2, 0.25) is 0 Å². The number of hydrogen-bond acceptors (Lipinski definition) is 1. The standard InChI is InChI=1S/C4H5N/c1-2-3-4-5/h1,3-4H,5H2/b4-3+/i1+1,2+1,3+1,4+1. The Labute approximate surface area is 31.5 Å². The zero-order valence-corrected chi connectivity index (χ0v) is 2.81. The first-order chi connectivity index (χ1) is 2.41. The molecule has 1 nitrogen and oxygen atoms in total. The summed E-state index contributed by atoms with van der Waals surface area (Å²) in [5, 5.41) is 0. The van der Waals surface area contributed by atoms with E-state index in [0.29, 0.717) is 0 Å². The first-order valence-corrected chi connectivity index (χ1v) is 1.24. The molecule has 0 amide bonds. The molecular weight excluding hydrogens is 66.0 g/mol. The fourth-order valence-electron chi connectivity index (χ4n) is 0.0556. The van der Waals surface area contributed by atoms with E-state index in [4.69, 9.17) is 12.2 Å². The van der Waals surface area contributed by atoms with Crippen LogP contribution in [0.4, 0.5) is 0 Å². The molecule has 0 aliphatic carbocycles. The summed E-state index contributed by atoms with van der Waals surface area (Å²) in [5.41, 5.74) is 4.82. The molecule has 2 N–H and O–H groups in total. The van der Waals surface area contributed by atoms with E-state index in [1.807, 2.05) is 0 Å². The molecular formula is C4H5N. The van der Waals surface area contributed by atoms with Gasteiger partial charge in [-0.3, -0.25) is 0 Å². The van der Waals surface area contributed by atoms with Crippen LogP contribution in [-0.4, -0.2) is 0 Å². The lowest BCUT2D eigenvalue weighted by Crippen LogP contribution is -1.71. The summed E-state index contributed by atoms with van der Waals surface area (Å²) in [4.78, 5) is 0. The first-order valence-electron chi connectivity index (χ1n) is 1.24. The Bertz CT molecular complexity index is 66.2. The summed E-state index contributed by atoms with van der Waals surface area (Å²) in [5.74, 6) is 2.21. The molecule has 0 aromatic heterocycles. The topological polar surface area (TPSA) is 26.0 Å². The fourth-order valence-corrected chi connectivity index (χ4v) is 0.0556. The maximum absolute atomic E-state index is 4.82. The van der Waals surface area contributed by atoms with Crippen molar-refractivity contribution in [3.8, 4) is 12.3 Å². The third kappa shape index (κ3) is 3.10. The molecule has 0 rings (SSSR count). The highest BCUT2D eigenvalue weighted by Crippen LogP contribution is 1.49. The lowest BCUT2D eigenvalue weighted by molar-refractivity contribution is 1.62. The highest BCUT2D eigenvalue weighted by Gasteiger charge is 1.40. The second-order valence-corrected chi connectivity index (χ2v) is 0.526. The molecule has 0 fully saturated rings. The van der Waals surface area contributed by atoms with E-state index in [1.165, 1.54) is 12.3 Å². The second-order valence-electron chi connectivity index (χ2n) is 0.526. The normalized spacial score (nSPS) is 7.80. The van der Waals surface area contributed by atoms with Gasteiger partial charge < -0.3 is 5.73 Å². The number of hydrogen-bond donors (Lipinski definition) is 1.